The molecule has 0 saturated carbocycles. The molecular formula is C12H21N3S2. The summed E-state index contributed by atoms with van der Waals surface area (Å²) in [6.45, 7) is 3.83. The molecule has 1 fully saturated rings. The summed E-state index contributed by atoms with van der Waals surface area (Å²) in [5, 5.41) is 0. The van der Waals surface area contributed by atoms with Gasteiger partial charge in [0.2, 0.25) is 0 Å². The van der Waals surface area contributed by atoms with Crippen LogP contribution in [-0.2, 0) is 6.54 Å². The van der Waals surface area contributed by atoms with Gasteiger partial charge in [-0.25, -0.2) is 4.98 Å². The SMILES string of the molecule is Cc1ncsc1CN(C)C1(CN)CCCSC1. The van der Waals surface area contributed by atoms with Crippen LogP contribution in [0.2, 0.25) is 0 Å². The van der Waals surface area contributed by atoms with Crippen LogP contribution in [-0.4, -0.2) is 40.5 Å². The van der Waals surface area contributed by atoms with E-state index < -0.39 is 0 Å². The van der Waals surface area contributed by atoms with Crippen molar-refractivity contribution < 1.29 is 0 Å². The monoisotopic (exact) mass is 271 g/mol. The van der Waals surface area contributed by atoms with Gasteiger partial charge in [0.25, 0.3) is 0 Å². The van der Waals surface area contributed by atoms with Crippen LogP contribution in [0.4, 0.5) is 0 Å². The Bertz CT molecular complexity index is 358. The first-order chi connectivity index (χ1) is 8.18. The van der Waals surface area contributed by atoms with E-state index in [2.05, 4.69) is 23.9 Å². The highest BCUT2D eigenvalue weighted by Crippen LogP contribution is 2.32. The molecule has 1 saturated heterocycles. The standard InChI is InChI=1S/C12H21N3S2/c1-10-11(17-9-14-10)6-15(2)12(7-13)4-3-5-16-8-12/h9H,3-8,13H2,1-2H3. The van der Waals surface area contributed by atoms with E-state index in [0.29, 0.717) is 0 Å². The van der Waals surface area contributed by atoms with Crippen molar-refractivity contribution in [3.8, 4) is 0 Å². The van der Waals surface area contributed by atoms with Crippen molar-refractivity contribution in [1.29, 1.82) is 0 Å². The smallest absolute Gasteiger partial charge is 0.0798 e. The van der Waals surface area contributed by atoms with Gasteiger partial charge in [0.15, 0.2) is 0 Å². The summed E-state index contributed by atoms with van der Waals surface area (Å²) in [5.41, 5.74) is 9.33. The Hall–Kier alpha value is -0.100. The molecule has 0 radical (unpaired) electrons. The molecule has 0 aromatic carbocycles. The van der Waals surface area contributed by atoms with Crippen LogP contribution in [0.1, 0.15) is 23.4 Å². The predicted molar refractivity (Wildman–Crippen MR) is 76.7 cm³/mol. The van der Waals surface area contributed by atoms with E-state index in [1.807, 2.05) is 17.3 Å². The van der Waals surface area contributed by atoms with E-state index in [1.54, 1.807) is 11.3 Å². The summed E-state index contributed by atoms with van der Waals surface area (Å²) in [5.74, 6) is 2.45. The Morgan fingerprint density at radius 1 is 1.59 bits per heavy atom. The molecule has 5 heteroatoms. The maximum atomic E-state index is 6.04. The van der Waals surface area contributed by atoms with Crippen molar-refractivity contribution in [2.45, 2.75) is 31.8 Å². The molecule has 0 amide bonds. The predicted octanol–water partition coefficient (Wildman–Crippen LogP) is 2.11. The number of hydrogen-bond donors (Lipinski definition) is 1. The number of nitrogens with two attached hydrogens (primary N) is 1. The van der Waals surface area contributed by atoms with Gasteiger partial charge in [-0.15, -0.1) is 11.3 Å². The topological polar surface area (TPSA) is 42.2 Å². The summed E-state index contributed by atoms with van der Waals surface area (Å²) >= 11 is 3.79. The minimum absolute atomic E-state index is 0.194. The van der Waals surface area contributed by atoms with Gasteiger partial charge in [-0.3, -0.25) is 4.90 Å². The lowest BCUT2D eigenvalue weighted by Gasteiger charge is -2.43. The van der Waals surface area contributed by atoms with Crippen molar-refractivity contribution in [2.75, 3.05) is 25.1 Å². The highest BCUT2D eigenvalue weighted by atomic mass is 32.2. The number of thioether (sulfide) groups is 1. The summed E-state index contributed by atoms with van der Waals surface area (Å²) in [4.78, 5) is 8.13. The van der Waals surface area contributed by atoms with Gasteiger partial charge < -0.3 is 5.73 Å². The van der Waals surface area contributed by atoms with E-state index >= 15 is 0 Å². The molecule has 1 atom stereocenters. The number of hydrogen-bond acceptors (Lipinski definition) is 5. The highest BCUT2D eigenvalue weighted by Gasteiger charge is 2.35. The molecule has 1 unspecified atom stereocenters. The Labute approximate surface area is 112 Å². The van der Waals surface area contributed by atoms with Crippen LogP contribution >= 0.6 is 23.1 Å². The van der Waals surface area contributed by atoms with Gasteiger partial charge in [0.05, 0.1) is 11.2 Å². The van der Waals surface area contributed by atoms with Gasteiger partial charge in [0, 0.05) is 29.3 Å². The lowest BCUT2D eigenvalue weighted by atomic mass is 9.93. The van der Waals surface area contributed by atoms with Crippen molar-refractivity contribution in [3.05, 3.63) is 16.1 Å². The normalized spacial score (nSPS) is 25.4. The van der Waals surface area contributed by atoms with Crippen molar-refractivity contribution in [1.82, 2.24) is 9.88 Å². The fourth-order valence-electron chi connectivity index (χ4n) is 2.32. The zero-order chi connectivity index (χ0) is 12.3. The molecule has 2 heterocycles. The van der Waals surface area contributed by atoms with Crippen LogP contribution in [0, 0.1) is 6.92 Å². The summed E-state index contributed by atoms with van der Waals surface area (Å²) < 4.78 is 0. The molecule has 17 heavy (non-hydrogen) atoms. The molecule has 3 nitrogen and oxygen atoms in total. The Balaban J connectivity index is 2.07. The Morgan fingerprint density at radius 3 is 2.94 bits per heavy atom. The van der Waals surface area contributed by atoms with E-state index in [0.717, 1.165) is 24.5 Å². The van der Waals surface area contributed by atoms with E-state index in [9.17, 15) is 0 Å². The van der Waals surface area contributed by atoms with Crippen LogP contribution in [0.5, 0.6) is 0 Å². The highest BCUT2D eigenvalue weighted by molar-refractivity contribution is 7.99. The van der Waals surface area contributed by atoms with E-state index in [4.69, 9.17) is 5.73 Å². The number of aromatic nitrogens is 1. The van der Waals surface area contributed by atoms with Crippen LogP contribution in [0.15, 0.2) is 5.51 Å². The average molecular weight is 271 g/mol. The zero-order valence-electron chi connectivity index (χ0n) is 10.6. The number of rotatable bonds is 4. The first-order valence-electron chi connectivity index (χ1n) is 6.06. The third-order valence-corrected chi connectivity index (χ3v) is 5.96. The van der Waals surface area contributed by atoms with Gasteiger partial charge in [-0.05, 0) is 32.6 Å². The van der Waals surface area contributed by atoms with Crippen LogP contribution in [0.3, 0.4) is 0 Å². The molecule has 1 aromatic rings. The molecule has 1 aromatic heterocycles. The second kappa shape index (κ2) is 5.69. The fourth-order valence-corrected chi connectivity index (χ4v) is 4.50. The van der Waals surface area contributed by atoms with Crippen LogP contribution < -0.4 is 5.73 Å². The largest absolute Gasteiger partial charge is 0.329 e. The van der Waals surface area contributed by atoms with E-state index in [-0.39, 0.29) is 5.54 Å². The minimum atomic E-state index is 0.194. The molecule has 1 aliphatic rings. The number of likely N-dealkylation sites (N-methyl/N-ethyl adjacent to an activating group) is 1. The fraction of sp³-hybridized carbons (Fsp3) is 0.750. The van der Waals surface area contributed by atoms with Gasteiger partial charge in [-0.1, -0.05) is 0 Å². The second-order valence-electron chi connectivity index (χ2n) is 4.80. The number of aryl methyl sites for hydroxylation is 1. The van der Waals surface area contributed by atoms with Crippen molar-refractivity contribution in [3.63, 3.8) is 0 Å². The molecule has 1 aliphatic heterocycles. The minimum Gasteiger partial charge on any atom is -0.329 e. The zero-order valence-corrected chi connectivity index (χ0v) is 12.2. The third-order valence-electron chi connectivity index (χ3n) is 3.72. The lowest BCUT2D eigenvalue weighted by molar-refractivity contribution is 0.128. The number of nitrogens with zero attached hydrogens (tertiary/aromatic N) is 2. The van der Waals surface area contributed by atoms with Crippen molar-refractivity contribution >= 4 is 23.1 Å². The lowest BCUT2D eigenvalue weighted by Crippen LogP contribution is -2.55. The summed E-state index contributed by atoms with van der Waals surface area (Å²) in [7, 11) is 2.21. The van der Waals surface area contributed by atoms with Crippen LogP contribution in [0.25, 0.3) is 0 Å². The first kappa shape index (κ1) is 13.3. The molecule has 0 aliphatic carbocycles. The third kappa shape index (κ3) is 2.84. The maximum Gasteiger partial charge on any atom is 0.0798 e. The second-order valence-corrected chi connectivity index (χ2v) is 6.85. The maximum absolute atomic E-state index is 6.04. The quantitative estimate of drug-likeness (QED) is 0.911. The average Bonchev–Trinajstić information content (AvgIpc) is 2.76. The Kier molecular flexibility index (Phi) is 4.47. The first-order valence-corrected chi connectivity index (χ1v) is 8.09. The van der Waals surface area contributed by atoms with Gasteiger partial charge in [0.1, 0.15) is 0 Å². The molecule has 0 spiro atoms. The van der Waals surface area contributed by atoms with Crippen molar-refractivity contribution in [2.24, 2.45) is 5.73 Å². The summed E-state index contributed by atoms with van der Waals surface area (Å²) in [6, 6.07) is 0. The van der Waals surface area contributed by atoms with E-state index in [1.165, 1.54) is 23.5 Å². The van der Waals surface area contributed by atoms with Gasteiger partial charge in [-0.2, -0.15) is 11.8 Å². The molecule has 96 valence electrons. The van der Waals surface area contributed by atoms with Gasteiger partial charge >= 0.3 is 0 Å². The molecular weight excluding hydrogens is 250 g/mol. The molecule has 2 rings (SSSR count). The molecule has 2 N–H and O–H groups in total. The Morgan fingerprint density at radius 2 is 2.41 bits per heavy atom. The number of thiazole rings is 1. The molecule has 0 bridgehead atoms. The summed E-state index contributed by atoms with van der Waals surface area (Å²) in [6.07, 6.45) is 2.51.